The van der Waals surface area contributed by atoms with Gasteiger partial charge in [-0.1, -0.05) is 13.8 Å². The Bertz CT molecular complexity index is 154. The third-order valence-electron chi connectivity index (χ3n) is 2.60. The molecule has 0 rings (SSSR count). The predicted octanol–water partition coefficient (Wildman–Crippen LogP) is 1.08. The molecule has 0 radical (unpaired) electrons. The average Bonchev–Trinajstić information content (AvgIpc) is 2.26. The Hall–Kier alpha value is -0.160. The molecule has 0 aliphatic carbocycles. The van der Waals surface area contributed by atoms with Crippen LogP contribution in [0.2, 0.25) is 0 Å². The fourth-order valence-electron chi connectivity index (χ4n) is 1.56. The summed E-state index contributed by atoms with van der Waals surface area (Å²) in [5, 5.41) is 12.5. The van der Waals surface area contributed by atoms with E-state index < -0.39 is 6.23 Å². The summed E-state index contributed by atoms with van der Waals surface area (Å²) in [5.41, 5.74) is 5.46. The number of hydrogen-bond donors (Lipinski definition) is 3. The van der Waals surface area contributed by atoms with E-state index in [1.54, 1.807) is 7.05 Å². The van der Waals surface area contributed by atoms with Gasteiger partial charge in [0, 0.05) is 6.61 Å². The number of nitrogens with one attached hydrogen (secondary N) is 1. The predicted molar refractivity (Wildman–Crippen MR) is 67.2 cm³/mol. The molecule has 4 N–H and O–H groups in total. The van der Waals surface area contributed by atoms with Crippen LogP contribution in [0.15, 0.2) is 0 Å². The van der Waals surface area contributed by atoms with Crippen molar-refractivity contribution in [3.05, 3.63) is 0 Å². The summed E-state index contributed by atoms with van der Waals surface area (Å²) < 4.78 is 5.68. The van der Waals surface area contributed by atoms with Gasteiger partial charge in [-0.25, -0.2) is 0 Å². The van der Waals surface area contributed by atoms with Crippen molar-refractivity contribution in [2.24, 2.45) is 11.7 Å². The fraction of sp³-hybridized carbons (Fsp3) is 1.00. The minimum atomic E-state index is -0.592. The van der Waals surface area contributed by atoms with Crippen LogP contribution in [0.3, 0.4) is 0 Å². The number of aliphatic hydroxyl groups is 1. The first-order chi connectivity index (χ1) is 7.61. The molecule has 16 heavy (non-hydrogen) atoms. The fourth-order valence-corrected chi connectivity index (χ4v) is 1.56. The normalized spacial score (nSPS) is 15.4. The molecule has 0 amide bonds. The molecule has 0 heterocycles. The highest BCUT2D eigenvalue weighted by Crippen LogP contribution is 2.09. The molecule has 0 aliphatic rings. The van der Waals surface area contributed by atoms with Gasteiger partial charge in [-0.3, -0.25) is 5.32 Å². The Balaban J connectivity index is 3.73. The number of ether oxygens (including phenoxy) is 1. The Morgan fingerprint density at radius 1 is 1.25 bits per heavy atom. The maximum atomic E-state index is 9.68. The van der Waals surface area contributed by atoms with Crippen molar-refractivity contribution in [1.29, 1.82) is 0 Å². The third kappa shape index (κ3) is 8.05. The number of aliphatic hydroxyl groups excluding tert-OH is 1. The first-order valence-electron chi connectivity index (χ1n) is 6.28. The van der Waals surface area contributed by atoms with Crippen molar-refractivity contribution in [2.75, 3.05) is 20.2 Å². The second-order valence-corrected chi connectivity index (χ2v) is 4.61. The van der Waals surface area contributed by atoms with Crippen molar-refractivity contribution < 1.29 is 9.84 Å². The molecule has 0 aromatic rings. The van der Waals surface area contributed by atoms with E-state index in [0.717, 1.165) is 19.3 Å². The second-order valence-electron chi connectivity index (χ2n) is 4.61. The molecule has 0 saturated carbocycles. The summed E-state index contributed by atoms with van der Waals surface area (Å²) in [6.07, 6.45) is 3.17. The molecule has 0 aliphatic heterocycles. The van der Waals surface area contributed by atoms with Crippen LogP contribution in [0.5, 0.6) is 0 Å². The molecule has 0 bridgehead atoms. The minimum absolute atomic E-state index is 0.138. The van der Waals surface area contributed by atoms with Crippen molar-refractivity contribution in [1.82, 2.24) is 5.32 Å². The molecule has 0 fully saturated rings. The lowest BCUT2D eigenvalue weighted by Crippen LogP contribution is -2.39. The van der Waals surface area contributed by atoms with Gasteiger partial charge < -0.3 is 15.6 Å². The largest absolute Gasteiger partial charge is 0.376 e. The summed E-state index contributed by atoms with van der Waals surface area (Å²) >= 11 is 0. The molecule has 0 aromatic carbocycles. The number of nitrogens with two attached hydrogens (primary N) is 1. The molecular formula is C12H28N2O2. The monoisotopic (exact) mass is 232 g/mol. The lowest BCUT2D eigenvalue weighted by atomic mass is 10.1. The Morgan fingerprint density at radius 3 is 2.44 bits per heavy atom. The molecule has 4 nitrogen and oxygen atoms in total. The number of hydrogen-bond acceptors (Lipinski definition) is 4. The zero-order chi connectivity index (χ0) is 12.4. The quantitative estimate of drug-likeness (QED) is 0.389. The Kier molecular flexibility index (Phi) is 9.92. The third-order valence-corrected chi connectivity index (χ3v) is 2.60. The van der Waals surface area contributed by atoms with Crippen molar-refractivity contribution in [3.8, 4) is 0 Å². The van der Waals surface area contributed by atoms with Gasteiger partial charge in [0.1, 0.15) is 6.23 Å². The maximum Gasteiger partial charge on any atom is 0.131 e. The summed E-state index contributed by atoms with van der Waals surface area (Å²) in [5.74, 6) is 0.709. The highest BCUT2D eigenvalue weighted by molar-refractivity contribution is 4.66. The molecule has 0 aromatic heterocycles. The summed E-state index contributed by atoms with van der Waals surface area (Å²) in [6.45, 7) is 5.76. The summed E-state index contributed by atoms with van der Waals surface area (Å²) in [6, 6.07) is 0. The molecule has 2 atom stereocenters. The molecule has 0 saturated heterocycles. The van der Waals surface area contributed by atoms with Crippen molar-refractivity contribution >= 4 is 0 Å². The van der Waals surface area contributed by atoms with Crippen LogP contribution in [0.25, 0.3) is 0 Å². The molecule has 2 unspecified atom stereocenters. The molecule has 0 spiro atoms. The molecule has 98 valence electrons. The van der Waals surface area contributed by atoms with E-state index >= 15 is 0 Å². The van der Waals surface area contributed by atoms with Gasteiger partial charge >= 0.3 is 0 Å². The number of rotatable bonds is 10. The average molecular weight is 232 g/mol. The van der Waals surface area contributed by atoms with Gasteiger partial charge in [0.15, 0.2) is 0 Å². The van der Waals surface area contributed by atoms with Crippen LogP contribution in [0.1, 0.15) is 39.5 Å². The lowest BCUT2D eigenvalue weighted by molar-refractivity contribution is -0.0542. The highest BCUT2D eigenvalue weighted by atomic mass is 16.5. The summed E-state index contributed by atoms with van der Waals surface area (Å²) in [7, 11) is 1.73. The Morgan fingerprint density at radius 2 is 1.94 bits per heavy atom. The highest BCUT2D eigenvalue weighted by Gasteiger charge is 2.17. The van der Waals surface area contributed by atoms with E-state index in [9.17, 15) is 5.11 Å². The first-order valence-corrected chi connectivity index (χ1v) is 6.28. The first kappa shape index (κ1) is 15.8. The van der Waals surface area contributed by atoms with E-state index in [-0.39, 0.29) is 6.10 Å². The van der Waals surface area contributed by atoms with Gasteiger partial charge in [0.05, 0.1) is 6.10 Å². The van der Waals surface area contributed by atoms with E-state index in [1.165, 1.54) is 6.42 Å². The van der Waals surface area contributed by atoms with E-state index in [2.05, 4.69) is 19.2 Å². The van der Waals surface area contributed by atoms with Gasteiger partial charge in [-0.2, -0.15) is 0 Å². The smallest absolute Gasteiger partial charge is 0.131 e. The lowest BCUT2D eigenvalue weighted by Gasteiger charge is -2.23. The summed E-state index contributed by atoms with van der Waals surface area (Å²) in [4.78, 5) is 0. The van der Waals surface area contributed by atoms with Gasteiger partial charge in [-0.15, -0.1) is 0 Å². The van der Waals surface area contributed by atoms with E-state index in [0.29, 0.717) is 19.1 Å². The second kappa shape index (κ2) is 10.0. The SMILES string of the molecule is CNC(O)C(CCCN)OCCCC(C)C. The maximum absolute atomic E-state index is 9.68. The zero-order valence-corrected chi connectivity index (χ0v) is 10.9. The van der Waals surface area contributed by atoms with Crippen LogP contribution in [0.4, 0.5) is 0 Å². The van der Waals surface area contributed by atoms with Gasteiger partial charge in [0.2, 0.25) is 0 Å². The van der Waals surface area contributed by atoms with Crippen LogP contribution in [0, 0.1) is 5.92 Å². The molecular weight excluding hydrogens is 204 g/mol. The number of likely N-dealkylation sites (N-methyl/N-ethyl adjacent to an activating group) is 1. The van der Waals surface area contributed by atoms with Gasteiger partial charge in [-0.05, 0) is 45.2 Å². The van der Waals surface area contributed by atoms with Crippen molar-refractivity contribution in [3.63, 3.8) is 0 Å². The molecule has 4 heteroatoms. The van der Waals surface area contributed by atoms with Crippen LogP contribution in [-0.4, -0.2) is 37.6 Å². The van der Waals surface area contributed by atoms with Crippen LogP contribution >= 0.6 is 0 Å². The Labute approximate surface area is 99.6 Å². The zero-order valence-electron chi connectivity index (χ0n) is 10.9. The topological polar surface area (TPSA) is 67.5 Å². The van der Waals surface area contributed by atoms with Crippen molar-refractivity contribution in [2.45, 2.75) is 51.9 Å². The van der Waals surface area contributed by atoms with Crippen LogP contribution in [-0.2, 0) is 4.74 Å². The standard InChI is InChI=1S/C12H28N2O2/c1-10(2)6-5-9-16-11(7-4-8-13)12(15)14-3/h10-12,14-15H,4-9,13H2,1-3H3. The van der Waals surface area contributed by atoms with E-state index in [4.69, 9.17) is 10.5 Å². The van der Waals surface area contributed by atoms with Gasteiger partial charge in [0.25, 0.3) is 0 Å². The minimum Gasteiger partial charge on any atom is -0.376 e. The van der Waals surface area contributed by atoms with Crippen LogP contribution < -0.4 is 11.1 Å². The van der Waals surface area contributed by atoms with E-state index in [1.807, 2.05) is 0 Å².